The third-order valence-electron chi connectivity index (χ3n) is 3.35. The van der Waals surface area contributed by atoms with E-state index >= 15 is 0 Å². The van der Waals surface area contributed by atoms with E-state index in [1.165, 1.54) is 32.5 Å². The van der Waals surface area contributed by atoms with Gasteiger partial charge >= 0.3 is 0 Å². The van der Waals surface area contributed by atoms with Gasteiger partial charge in [-0.2, -0.15) is 0 Å². The molecule has 0 atom stereocenters. The predicted octanol–water partition coefficient (Wildman–Crippen LogP) is 1.67. The number of sulfonamides is 1. The topological polar surface area (TPSA) is 96.0 Å². The van der Waals surface area contributed by atoms with E-state index in [0.717, 1.165) is 0 Å². The van der Waals surface area contributed by atoms with Gasteiger partial charge in [0.2, 0.25) is 5.88 Å². The minimum Gasteiger partial charge on any atom is -0.494 e. The van der Waals surface area contributed by atoms with Crippen molar-refractivity contribution in [3.63, 3.8) is 0 Å². The van der Waals surface area contributed by atoms with Crippen molar-refractivity contribution in [3.05, 3.63) is 30.5 Å². The minimum atomic E-state index is -3.97. The molecule has 3 rings (SSSR count). The molecule has 0 unspecified atom stereocenters. The predicted molar refractivity (Wildman–Crippen MR) is 85.6 cm³/mol. The van der Waals surface area contributed by atoms with E-state index in [2.05, 4.69) is 9.71 Å². The molecule has 24 heavy (non-hydrogen) atoms. The normalized spacial score (nSPS) is 13.2. The van der Waals surface area contributed by atoms with Crippen LogP contribution >= 0.6 is 0 Å². The van der Waals surface area contributed by atoms with E-state index in [9.17, 15) is 8.42 Å². The summed E-state index contributed by atoms with van der Waals surface area (Å²) in [7, 11) is -1.16. The van der Waals surface area contributed by atoms with Crippen LogP contribution in [0.1, 0.15) is 0 Å². The highest BCUT2D eigenvalue weighted by atomic mass is 32.2. The van der Waals surface area contributed by atoms with Crippen LogP contribution in [0, 0.1) is 0 Å². The molecule has 0 spiro atoms. The second-order valence-corrected chi connectivity index (χ2v) is 6.43. The number of ether oxygens (including phenoxy) is 4. The summed E-state index contributed by atoms with van der Waals surface area (Å²) in [6.45, 7) is 0.646. The molecule has 8 nitrogen and oxygen atoms in total. The van der Waals surface area contributed by atoms with Crippen molar-refractivity contribution in [1.29, 1.82) is 0 Å². The second kappa shape index (κ2) is 6.44. The fraction of sp³-hybridized carbons (Fsp3) is 0.267. The molecule has 9 heteroatoms. The SMILES string of the molecule is COc1ccnc(OC)c1NS(=O)(=O)c1cccc2c1OCCO2. The van der Waals surface area contributed by atoms with Crippen molar-refractivity contribution in [2.75, 3.05) is 32.2 Å². The lowest BCUT2D eigenvalue weighted by atomic mass is 10.3. The van der Waals surface area contributed by atoms with Crippen LogP contribution in [0.25, 0.3) is 0 Å². The molecule has 128 valence electrons. The Hall–Kier alpha value is -2.68. The number of hydrogen-bond acceptors (Lipinski definition) is 7. The van der Waals surface area contributed by atoms with Crippen LogP contribution < -0.4 is 23.7 Å². The van der Waals surface area contributed by atoms with Crippen LogP contribution in [0.5, 0.6) is 23.1 Å². The number of methoxy groups -OCH3 is 2. The first kappa shape index (κ1) is 16.2. The van der Waals surface area contributed by atoms with Gasteiger partial charge in [-0.05, 0) is 12.1 Å². The molecule has 1 aliphatic heterocycles. The maximum absolute atomic E-state index is 12.8. The van der Waals surface area contributed by atoms with E-state index < -0.39 is 10.0 Å². The summed E-state index contributed by atoms with van der Waals surface area (Å²) in [6, 6.07) is 6.20. The number of hydrogen-bond donors (Lipinski definition) is 1. The largest absolute Gasteiger partial charge is 0.494 e. The summed E-state index contributed by atoms with van der Waals surface area (Å²) >= 11 is 0. The van der Waals surface area contributed by atoms with Gasteiger partial charge in [0, 0.05) is 12.3 Å². The Bertz CT molecular complexity index is 831. The Morgan fingerprint density at radius 1 is 1.12 bits per heavy atom. The zero-order chi connectivity index (χ0) is 17.2. The lowest BCUT2D eigenvalue weighted by molar-refractivity contribution is 0.167. The Morgan fingerprint density at radius 3 is 2.67 bits per heavy atom. The molecule has 1 N–H and O–H groups in total. The van der Waals surface area contributed by atoms with Gasteiger partial charge in [-0.3, -0.25) is 4.72 Å². The quantitative estimate of drug-likeness (QED) is 0.874. The fourth-order valence-corrected chi connectivity index (χ4v) is 3.52. The van der Waals surface area contributed by atoms with E-state index in [0.29, 0.717) is 12.4 Å². The standard InChI is InChI=1S/C15H16N2O6S/c1-20-10-6-7-16-15(21-2)13(10)17-24(18,19)12-5-3-4-11-14(12)23-9-8-22-11/h3-7,17H,8-9H2,1-2H3. The van der Waals surface area contributed by atoms with Crippen LogP contribution in [-0.2, 0) is 10.0 Å². The van der Waals surface area contributed by atoms with Gasteiger partial charge in [0.1, 0.15) is 23.9 Å². The molecule has 1 aromatic carbocycles. The molecular formula is C15H16N2O6S. The van der Waals surface area contributed by atoms with Crippen LogP contribution in [0.2, 0.25) is 0 Å². The lowest BCUT2D eigenvalue weighted by Gasteiger charge is -2.21. The second-order valence-electron chi connectivity index (χ2n) is 4.78. The number of rotatable bonds is 5. The molecule has 2 aromatic rings. The first-order chi connectivity index (χ1) is 11.6. The first-order valence-electron chi connectivity index (χ1n) is 7.05. The van der Waals surface area contributed by atoms with Gasteiger partial charge in [-0.1, -0.05) is 6.07 Å². The van der Waals surface area contributed by atoms with Crippen LogP contribution in [0.15, 0.2) is 35.4 Å². The van der Waals surface area contributed by atoms with Crippen LogP contribution in [-0.4, -0.2) is 40.8 Å². The van der Waals surface area contributed by atoms with E-state index in [4.69, 9.17) is 18.9 Å². The summed E-state index contributed by atoms with van der Waals surface area (Å²) < 4.78 is 49.3. The maximum Gasteiger partial charge on any atom is 0.266 e. The molecule has 0 aliphatic carbocycles. The highest BCUT2D eigenvalue weighted by Gasteiger charge is 2.27. The average molecular weight is 352 g/mol. The summed E-state index contributed by atoms with van der Waals surface area (Å²) in [5, 5.41) is 0. The molecule has 0 saturated heterocycles. The highest BCUT2D eigenvalue weighted by Crippen LogP contribution is 2.39. The number of pyridine rings is 1. The van der Waals surface area contributed by atoms with Gasteiger partial charge < -0.3 is 18.9 Å². The summed E-state index contributed by atoms with van der Waals surface area (Å²) in [5.41, 5.74) is 0.108. The number of nitrogens with zero attached hydrogens (tertiary/aromatic N) is 1. The summed E-state index contributed by atoms with van der Waals surface area (Å²) in [5.74, 6) is 0.944. The van der Waals surface area contributed by atoms with Gasteiger partial charge in [-0.25, -0.2) is 13.4 Å². The van der Waals surface area contributed by atoms with Crippen molar-refractivity contribution in [2.24, 2.45) is 0 Å². The lowest BCUT2D eigenvalue weighted by Crippen LogP contribution is -2.20. The Morgan fingerprint density at radius 2 is 1.92 bits per heavy atom. The zero-order valence-corrected chi connectivity index (χ0v) is 13.9. The maximum atomic E-state index is 12.8. The average Bonchev–Trinajstić information content (AvgIpc) is 2.61. The molecule has 0 bridgehead atoms. The Balaban J connectivity index is 2.05. The molecule has 0 saturated carbocycles. The monoisotopic (exact) mass is 352 g/mol. The van der Waals surface area contributed by atoms with Crippen molar-refractivity contribution >= 4 is 15.7 Å². The molecule has 0 amide bonds. The molecule has 2 heterocycles. The Kier molecular flexibility index (Phi) is 4.34. The van der Waals surface area contributed by atoms with Gasteiger partial charge in [-0.15, -0.1) is 0 Å². The van der Waals surface area contributed by atoms with Gasteiger partial charge in [0.25, 0.3) is 10.0 Å². The number of benzene rings is 1. The summed E-state index contributed by atoms with van der Waals surface area (Å²) in [6.07, 6.45) is 1.46. The number of para-hydroxylation sites is 1. The Labute approximate surface area is 139 Å². The van der Waals surface area contributed by atoms with E-state index in [-0.39, 0.29) is 34.6 Å². The van der Waals surface area contributed by atoms with E-state index in [1.807, 2.05) is 0 Å². The van der Waals surface area contributed by atoms with Crippen LogP contribution in [0.3, 0.4) is 0 Å². The zero-order valence-electron chi connectivity index (χ0n) is 13.1. The number of anilines is 1. The number of fused-ring (bicyclic) bond motifs is 1. The fourth-order valence-electron chi connectivity index (χ4n) is 2.29. The third kappa shape index (κ3) is 2.90. The molecule has 0 radical (unpaired) electrons. The smallest absolute Gasteiger partial charge is 0.266 e. The van der Waals surface area contributed by atoms with Gasteiger partial charge in [0.05, 0.1) is 14.2 Å². The van der Waals surface area contributed by atoms with Crippen LogP contribution in [0.4, 0.5) is 5.69 Å². The van der Waals surface area contributed by atoms with Crippen molar-refractivity contribution in [3.8, 4) is 23.1 Å². The number of nitrogens with one attached hydrogen (secondary N) is 1. The van der Waals surface area contributed by atoms with Crippen molar-refractivity contribution in [1.82, 2.24) is 4.98 Å². The van der Waals surface area contributed by atoms with Crippen molar-refractivity contribution in [2.45, 2.75) is 4.90 Å². The summed E-state index contributed by atoms with van der Waals surface area (Å²) in [4.78, 5) is 3.95. The number of aromatic nitrogens is 1. The minimum absolute atomic E-state index is 0.0346. The molecule has 0 fully saturated rings. The molecule has 1 aliphatic rings. The first-order valence-corrected chi connectivity index (χ1v) is 8.53. The highest BCUT2D eigenvalue weighted by molar-refractivity contribution is 7.92. The van der Waals surface area contributed by atoms with Gasteiger partial charge in [0.15, 0.2) is 17.2 Å². The van der Waals surface area contributed by atoms with E-state index in [1.54, 1.807) is 12.1 Å². The third-order valence-corrected chi connectivity index (χ3v) is 4.72. The molecule has 1 aromatic heterocycles. The van der Waals surface area contributed by atoms with Crippen molar-refractivity contribution < 1.29 is 27.4 Å². The molecular weight excluding hydrogens is 336 g/mol.